The third-order valence-electron chi connectivity index (χ3n) is 5.31. The summed E-state index contributed by atoms with van der Waals surface area (Å²) >= 11 is 0. The SMILES string of the molecule is CN=C(NCC(C)Oc1ccc(OC)cc1)N1CCC2(CCC2)C1. The third kappa shape index (κ3) is 3.77. The van der Waals surface area contributed by atoms with Crippen molar-refractivity contribution in [3.05, 3.63) is 24.3 Å². The first kappa shape index (κ1) is 16.9. The van der Waals surface area contributed by atoms with E-state index in [9.17, 15) is 0 Å². The number of benzene rings is 1. The number of aliphatic imine (C=N–C) groups is 1. The summed E-state index contributed by atoms with van der Waals surface area (Å²) in [6, 6.07) is 7.70. The minimum Gasteiger partial charge on any atom is -0.497 e. The maximum Gasteiger partial charge on any atom is 0.193 e. The van der Waals surface area contributed by atoms with Gasteiger partial charge in [0, 0.05) is 20.1 Å². The second-order valence-electron chi connectivity index (χ2n) is 7.06. The minimum absolute atomic E-state index is 0.0652. The molecule has 132 valence electrons. The van der Waals surface area contributed by atoms with Crippen molar-refractivity contribution in [2.75, 3.05) is 33.8 Å². The lowest BCUT2D eigenvalue weighted by Gasteiger charge is -2.38. The molecule has 1 heterocycles. The van der Waals surface area contributed by atoms with Crippen LogP contribution in [0.15, 0.2) is 29.3 Å². The molecule has 1 aromatic rings. The molecule has 0 aromatic heterocycles. The van der Waals surface area contributed by atoms with Gasteiger partial charge in [0.1, 0.15) is 17.6 Å². The Kier molecular flexibility index (Phi) is 5.17. The van der Waals surface area contributed by atoms with Gasteiger partial charge in [-0.05, 0) is 55.9 Å². The van der Waals surface area contributed by atoms with E-state index in [4.69, 9.17) is 9.47 Å². The largest absolute Gasteiger partial charge is 0.497 e. The van der Waals surface area contributed by atoms with Gasteiger partial charge in [0.05, 0.1) is 13.7 Å². The van der Waals surface area contributed by atoms with Gasteiger partial charge in [-0.2, -0.15) is 0 Å². The quantitative estimate of drug-likeness (QED) is 0.666. The Labute approximate surface area is 145 Å². The zero-order chi connectivity index (χ0) is 17.0. The van der Waals surface area contributed by atoms with Crippen molar-refractivity contribution in [2.45, 2.75) is 38.7 Å². The molecule has 5 heteroatoms. The van der Waals surface area contributed by atoms with Crippen LogP contribution in [0.1, 0.15) is 32.6 Å². The summed E-state index contributed by atoms with van der Waals surface area (Å²) in [6.07, 6.45) is 5.54. The number of methoxy groups -OCH3 is 1. The molecule has 0 amide bonds. The number of guanidine groups is 1. The topological polar surface area (TPSA) is 46.1 Å². The first-order chi connectivity index (χ1) is 11.6. The fourth-order valence-corrected chi connectivity index (χ4v) is 3.70. The minimum atomic E-state index is 0.0652. The van der Waals surface area contributed by atoms with Crippen LogP contribution in [0.4, 0.5) is 0 Å². The molecule has 1 saturated heterocycles. The molecular formula is C19H29N3O2. The summed E-state index contributed by atoms with van der Waals surface area (Å²) in [4.78, 5) is 6.86. The molecule has 3 rings (SSSR count). The highest BCUT2D eigenvalue weighted by Gasteiger charge is 2.43. The first-order valence-corrected chi connectivity index (χ1v) is 8.90. The van der Waals surface area contributed by atoms with Crippen LogP contribution in [-0.4, -0.2) is 50.8 Å². The second kappa shape index (κ2) is 7.32. The van der Waals surface area contributed by atoms with Gasteiger partial charge in [-0.1, -0.05) is 6.42 Å². The van der Waals surface area contributed by atoms with E-state index in [0.29, 0.717) is 5.41 Å². The normalized spacial score (nSPS) is 20.6. The lowest BCUT2D eigenvalue weighted by atomic mass is 9.68. The zero-order valence-electron chi connectivity index (χ0n) is 15.0. The molecular weight excluding hydrogens is 302 g/mol. The summed E-state index contributed by atoms with van der Waals surface area (Å²) in [5.74, 6) is 2.70. The van der Waals surface area contributed by atoms with E-state index in [1.807, 2.05) is 31.3 Å². The first-order valence-electron chi connectivity index (χ1n) is 8.90. The third-order valence-corrected chi connectivity index (χ3v) is 5.31. The Bertz CT molecular complexity index is 566. The molecule has 5 nitrogen and oxygen atoms in total. The Morgan fingerprint density at radius 2 is 1.96 bits per heavy atom. The molecule has 1 N–H and O–H groups in total. The molecule has 1 spiro atoms. The van der Waals surface area contributed by atoms with Gasteiger partial charge in [-0.15, -0.1) is 0 Å². The molecule has 1 atom stereocenters. The maximum absolute atomic E-state index is 5.95. The summed E-state index contributed by atoms with van der Waals surface area (Å²) in [5.41, 5.74) is 0.586. The number of hydrogen-bond acceptors (Lipinski definition) is 3. The molecule has 24 heavy (non-hydrogen) atoms. The predicted octanol–water partition coefficient (Wildman–Crippen LogP) is 2.91. The lowest BCUT2D eigenvalue weighted by Crippen LogP contribution is -2.45. The van der Waals surface area contributed by atoms with Crippen molar-refractivity contribution in [3.8, 4) is 11.5 Å². The van der Waals surface area contributed by atoms with Crippen molar-refractivity contribution in [1.82, 2.24) is 10.2 Å². The monoisotopic (exact) mass is 331 g/mol. The lowest BCUT2D eigenvalue weighted by molar-refractivity contribution is 0.151. The van der Waals surface area contributed by atoms with Crippen LogP contribution in [0.5, 0.6) is 11.5 Å². The summed E-state index contributed by atoms with van der Waals surface area (Å²) in [6.45, 7) is 5.08. The molecule has 1 aliphatic carbocycles. The zero-order valence-corrected chi connectivity index (χ0v) is 15.0. The molecule has 2 fully saturated rings. The molecule has 1 saturated carbocycles. The summed E-state index contributed by atoms with van der Waals surface area (Å²) < 4.78 is 11.1. The number of likely N-dealkylation sites (tertiary alicyclic amines) is 1. The van der Waals surface area contributed by atoms with Crippen molar-refractivity contribution >= 4 is 5.96 Å². The van der Waals surface area contributed by atoms with Crippen LogP contribution in [0.25, 0.3) is 0 Å². The van der Waals surface area contributed by atoms with E-state index >= 15 is 0 Å². The van der Waals surface area contributed by atoms with Gasteiger partial charge in [0.25, 0.3) is 0 Å². The smallest absolute Gasteiger partial charge is 0.193 e. The van der Waals surface area contributed by atoms with Crippen LogP contribution in [-0.2, 0) is 0 Å². The molecule has 1 unspecified atom stereocenters. The van der Waals surface area contributed by atoms with E-state index in [2.05, 4.69) is 22.1 Å². The standard InChI is InChI=1S/C19H29N3O2/c1-15(24-17-7-5-16(23-3)6-8-17)13-21-18(20-2)22-12-11-19(14-22)9-4-10-19/h5-8,15H,4,9-14H2,1-3H3,(H,20,21). The molecule has 2 aliphatic rings. The van der Waals surface area contributed by atoms with Crippen LogP contribution in [0.2, 0.25) is 0 Å². The highest BCUT2D eigenvalue weighted by Crippen LogP contribution is 2.47. The Hall–Kier alpha value is -1.91. The van der Waals surface area contributed by atoms with Gasteiger partial charge in [0.2, 0.25) is 0 Å². The van der Waals surface area contributed by atoms with Crippen molar-refractivity contribution in [1.29, 1.82) is 0 Å². The van der Waals surface area contributed by atoms with Crippen LogP contribution in [0, 0.1) is 5.41 Å². The molecule has 1 aromatic carbocycles. The van der Waals surface area contributed by atoms with E-state index in [-0.39, 0.29) is 6.10 Å². The van der Waals surface area contributed by atoms with Gasteiger partial charge in [0.15, 0.2) is 5.96 Å². The average Bonchev–Trinajstić information content (AvgIpc) is 3.02. The number of hydrogen-bond donors (Lipinski definition) is 1. The predicted molar refractivity (Wildman–Crippen MR) is 96.9 cm³/mol. The number of ether oxygens (including phenoxy) is 2. The van der Waals surface area contributed by atoms with Gasteiger partial charge < -0.3 is 19.7 Å². The molecule has 0 radical (unpaired) electrons. The van der Waals surface area contributed by atoms with Crippen molar-refractivity contribution in [3.63, 3.8) is 0 Å². The van der Waals surface area contributed by atoms with E-state index in [1.54, 1.807) is 7.11 Å². The number of nitrogens with one attached hydrogen (secondary N) is 1. The Morgan fingerprint density at radius 1 is 1.25 bits per heavy atom. The highest BCUT2D eigenvalue weighted by atomic mass is 16.5. The molecule has 0 bridgehead atoms. The summed E-state index contributed by atoms with van der Waals surface area (Å²) in [7, 11) is 3.53. The Balaban J connectivity index is 1.46. The van der Waals surface area contributed by atoms with E-state index in [0.717, 1.165) is 37.1 Å². The fraction of sp³-hybridized carbons (Fsp3) is 0.632. The fourth-order valence-electron chi connectivity index (χ4n) is 3.70. The van der Waals surface area contributed by atoms with Gasteiger partial charge in [-0.3, -0.25) is 4.99 Å². The second-order valence-corrected chi connectivity index (χ2v) is 7.06. The highest BCUT2D eigenvalue weighted by molar-refractivity contribution is 5.80. The van der Waals surface area contributed by atoms with Crippen LogP contribution < -0.4 is 14.8 Å². The van der Waals surface area contributed by atoms with Gasteiger partial charge >= 0.3 is 0 Å². The summed E-state index contributed by atoms with van der Waals surface area (Å²) in [5, 5.41) is 3.47. The maximum atomic E-state index is 5.95. The van der Waals surface area contributed by atoms with E-state index < -0.39 is 0 Å². The van der Waals surface area contributed by atoms with Crippen molar-refractivity contribution < 1.29 is 9.47 Å². The van der Waals surface area contributed by atoms with E-state index in [1.165, 1.54) is 25.7 Å². The number of nitrogens with zero attached hydrogens (tertiary/aromatic N) is 2. The van der Waals surface area contributed by atoms with Crippen LogP contribution in [0.3, 0.4) is 0 Å². The van der Waals surface area contributed by atoms with Crippen molar-refractivity contribution in [2.24, 2.45) is 10.4 Å². The number of rotatable bonds is 5. The van der Waals surface area contributed by atoms with Crippen LogP contribution >= 0.6 is 0 Å². The average molecular weight is 331 g/mol. The van der Waals surface area contributed by atoms with Gasteiger partial charge in [-0.25, -0.2) is 0 Å². The Morgan fingerprint density at radius 3 is 2.50 bits per heavy atom. The molecule has 1 aliphatic heterocycles.